The first-order chi connectivity index (χ1) is 11.1. The predicted octanol–water partition coefficient (Wildman–Crippen LogP) is -1.39. The summed E-state index contributed by atoms with van der Waals surface area (Å²) in [6.45, 7) is 3.58. The number of nitrogens with one attached hydrogen (secondary N) is 2. The van der Waals surface area contributed by atoms with Crippen LogP contribution in [0.1, 0.15) is 33.1 Å². The number of thiol groups is 1. The monoisotopic (exact) mass is 362 g/mol. The summed E-state index contributed by atoms with van der Waals surface area (Å²) >= 11 is 3.88. The van der Waals surface area contributed by atoms with Gasteiger partial charge in [-0.15, -0.1) is 0 Å². The fourth-order valence-corrected chi connectivity index (χ4v) is 2.09. The minimum Gasteiger partial charge on any atom is -0.480 e. The van der Waals surface area contributed by atoms with Gasteiger partial charge in [-0.3, -0.25) is 14.4 Å². The molecule has 0 bridgehead atoms. The summed E-state index contributed by atoms with van der Waals surface area (Å²) in [5.74, 6) is -3.35. The predicted molar refractivity (Wildman–Crippen MR) is 91.2 cm³/mol. The molecule has 0 heterocycles. The number of hydrogen-bond acceptors (Lipinski definition) is 6. The molecule has 0 aromatic carbocycles. The van der Waals surface area contributed by atoms with Crippen molar-refractivity contribution in [3.63, 3.8) is 0 Å². The smallest absolute Gasteiger partial charge is 0.327 e. The summed E-state index contributed by atoms with van der Waals surface area (Å²) in [5.41, 5.74) is 10.7. The summed E-state index contributed by atoms with van der Waals surface area (Å²) < 4.78 is 0. The Bertz CT molecular complexity index is 474. The molecule has 10 heteroatoms. The Morgan fingerprint density at radius 2 is 1.75 bits per heavy atom. The first-order valence-electron chi connectivity index (χ1n) is 7.62. The van der Waals surface area contributed by atoms with Gasteiger partial charge in [-0.1, -0.05) is 20.3 Å². The van der Waals surface area contributed by atoms with Gasteiger partial charge >= 0.3 is 5.97 Å². The molecule has 0 unspecified atom stereocenters. The first kappa shape index (κ1) is 22.2. The highest BCUT2D eigenvalue weighted by Gasteiger charge is 2.30. The molecule has 0 aliphatic heterocycles. The Balaban J connectivity index is 4.94. The summed E-state index contributed by atoms with van der Waals surface area (Å²) in [5, 5.41) is 13.8. The van der Waals surface area contributed by atoms with Crippen LogP contribution in [0, 0.1) is 5.92 Å². The molecule has 0 radical (unpaired) electrons. The van der Waals surface area contributed by atoms with Gasteiger partial charge in [0.15, 0.2) is 0 Å². The maximum atomic E-state index is 12.3. The van der Waals surface area contributed by atoms with E-state index in [9.17, 15) is 19.2 Å². The molecule has 9 nitrogen and oxygen atoms in total. The molecule has 4 atom stereocenters. The lowest BCUT2D eigenvalue weighted by atomic mass is 9.97. The van der Waals surface area contributed by atoms with E-state index in [2.05, 4.69) is 23.3 Å². The van der Waals surface area contributed by atoms with Crippen molar-refractivity contribution in [2.75, 3.05) is 5.75 Å². The Labute approximate surface area is 146 Å². The summed E-state index contributed by atoms with van der Waals surface area (Å²) in [7, 11) is 0. The lowest BCUT2D eigenvalue weighted by molar-refractivity contribution is -0.141. The van der Waals surface area contributed by atoms with E-state index in [0.29, 0.717) is 6.42 Å². The van der Waals surface area contributed by atoms with Gasteiger partial charge in [-0.25, -0.2) is 4.79 Å². The van der Waals surface area contributed by atoms with E-state index in [0.717, 1.165) is 0 Å². The van der Waals surface area contributed by atoms with Crippen LogP contribution >= 0.6 is 12.6 Å². The van der Waals surface area contributed by atoms with Crippen LogP contribution < -0.4 is 22.1 Å². The van der Waals surface area contributed by atoms with E-state index in [4.69, 9.17) is 16.6 Å². The van der Waals surface area contributed by atoms with Crippen LogP contribution in [0.2, 0.25) is 0 Å². The van der Waals surface area contributed by atoms with Gasteiger partial charge in [0.1, 0.15) is 12.1 Å². The summed E-state index contributed by atoms with van der Waals surface area (Å²) in [6.07, 6.45) is 0.591. The second kappa shape index (κ2) is 10.9. The fourth-order valence-electron chi connectivity index (χ4n) is 1.84. The van der Waals surface area contributed by atoms with Crippen LogP contribution in [-0.4, -0.2) is 52.7 Å². The third-order valence-electron chi connectivity index (χ3n) is 3.63. The van der Waals surface area contributed by atoms with Crippen LogP contribution in [0.5, 0.6) is 0 Å². The number of carbonyl (C=O) groups is 4. The molecular weight excluding hydrogens is 336 g/mol. The van der Waals surface area contributed by atoms with E-state index >= 15 is 0 Å². The zero-order valence-electron chi connectivity index (χ0n) is 13.8. The number of primary amides is 1. The lowest BCUT2D eigenvalue weighted by Gasteiger charge is -2.26. The molecule has 3 amide bonds. The van der Waals surface area contributed by atoms with Crippen molar-refractivity contribution in [1.82, 2.24) is 10.6 Å². The van der Waals surface area contributed by atoms with Crippen molar-refractivity contribution >= 4 is 36.3 Å². The first-order valence-corrected chi connectivity index (χ1v) is 8.25. The molecule has 0 saturated heterocycles. The number of carboxylic acids is 1. The highest BCUT2D eigenvalue weighted by molar-refractivity contribution is 7.80. The van der Waals surface area contributed by atoms with Gasteiger partial charge in [-0.05, 0) is 12.3 Å². The number of carboxylic acid groups (broad SMARTS) is 1. The third kappa shape index (κ3) is 7.64. The van der Waals surface area contributed by atoms with Crippen molar-refractivity contribution in [2.45, 2.75) is 51.2 Å². The molecule has 138 valence electrons. The molecular formula is C14H26N4O5S. The molecule has 0 aromatic heterocycles. The van der Waals surface area contributed by atoms with Crippen LogP contribution in [0.25, 0.3) is 0 Å². The maximum Gasteiger partial charge on any atom is 0.327 e. The zero-order chi connectivity index (χ0) is 18.9. The van der Waals surface area contributed by atoms with E-state index in [1.807, 2.05) is 6.92 Å². The minimum absolute atomic E-state index is 0.0461. The molecule has 0 aromatic rings. The van der Waals surface area contributed by atoms with Gasteiger partial charge in [0, 0.05) is 12.2 Å². The van der Waals surface area contributed by atoms with E-state index in [1.165, 1.54) is 0 Å². The maximum absolute atomic E-state index is 12.3. The average Bonchev–Trinajstić information content (AvgIpc) is 2.53. The molecule has 0 fully saturated rings. The second-order valence-electron chi connectivity index (χ2n) is 5.57. The third-order valence-corrected chi connectivity index (χ3v) is 3.99. The number of rotatable bonds is 11. The normalized spacial score (nSPS) is 15.7. The van der Waals surface area contributed by atoms with Gasteiger partial charge in [0.2, 0.25) is 17.7 Å². The summed E-state index contributed by atoms with van der Waals surface area (Å²) in [6, 6.07) is -3.09. The highest BCUT2D eigenvalue weighted by atomic mass is 32.1. The number of amides is 3. The number of aliphatic carboxylic acids is 1. The average molecular weight is 362 g/mol. The quantitative estimate of drug-likeness (QED) is 0.248. The van der Waals surface area contributed by atoms with E-state index in [-0.39, 0.29) is 24.5 Å². The van der Waals surface area contributed by atoms with Crippen molar-refractivity contribution in [2.24, 2.45) is 17.4 Å². The van der Waals surface area contributed by atoms with Gasteiger partial charge in [0.25, 0.3) is 0 Å². The minimum atomic E-state index is -1.22. The standard InChI is InChI=1S/C14H26N4O5S/c1-3-7(2)11(13(21)17-9(6-24)14(22)23)18-12(20)8(15)4-5-10(16)19/h7-9,11,24H,3-6,15H2,1-2H3,(H2,16,19)(H,17,21)(H,18,20)(H,22,23)/t7-,8-,9-,11-/m0/s1. The molecule has 0 spiro atoms. The van der Waals surface area contributed by atoms with Crippen LogP contribution in [0.15, 0.2) is 0 Å². The van der Waals surface area contributed by atoms with Crippen molar-refractivity contribution < 1.29 is 24.3 Å². The Morgan fingerprint density at radius 1 is 1.17 bits per heavy atom. The Kier molecular flexibility index (Phi) is 10.0. The van der Waals surface area contributed by atoms with Crippen LogP contribution in [0.3, 0.4) is 0 Å². The van der Waals surface area contributed by atoms with E-state index in [1.54, 1.807) is 6.92 Å². The molecule has 0 aliphatic carbocycles. The number of nitrogens with two attached hydrogens (primary N) is 2. The highest BCUT2D eigenvalue weighted by Crippen LogP contribution is 2.09. The molecule has 0 saturated carbocycles. The van der Waals surface area contributed by atoms with E-state index < -0.39 is 41.8 Å². The molecule has 24 heavy (non-hydrogen) atoms. The largest absolute Gasteiger partial charge is 0.480 e. The Hall–Kier alpha value is -1.81. The molecule has 0 aliphatic rings. The zero-order valence-corrected chi connectivity index (χ0v) is 14.7. The SMILES string of the molecule is CC[C@H](C)[C@H](NC(=O)[C@@H](N)CCC(N)=O)C(=O)N[C@@H](CS)C(=O)O. The Morgan fingerprint density at radius 3 is 2.17 bits per heavy atom. The number of carbonyl (C=O) groups excluding carboxylic acids is 3. The van der Waals surface area contributed by atoms with Gasteiger partial charge in [-0.2, -0.15) is 12.6 Å². The summed E-state index contributed by atoms with van der Waals surface area (Å²) in [4.78, 5) is 46.1. The molecule has 7 N–H and O–H groups in total. The van der Waals surface area contributed by atoms with Crippen LogP contribution in [-0.2, 0) is 19.2 Å². The second-order valence-corrected chi connectivity index (χ2v) is 5.93. The van der Waals surface area contributed by atoms with Crippen molar-refractivity contribution in [3.05, 3.63) is 0 Å². The van der Waals surface area contributed by atoms with Crippen molar-refractivity contribution in [1.29, 1.82) is 0 Å². The lowest BCUT2D eigenvalue weighted by Crippen LogP contribution is -2.57. The molecule has 0 rings (SSSR count). The van der Waals surface area contributed by atoms with Crippen molar-refractivity contribution in [3.8, 4) is 0 Å². The van der Waals surface area contributed by atoms with Crippen LogP contribution in [0.4, 0.5) is 0 Å². The van der Waals surface area contributed by atoms with Gasteiger partial charge in [0.05, 0.1) is 6.04 Å². The number of hydrogen-bond donors (Lipinski definition) is 6. The topological polar surface area (TPSA) is 165 Å². The fraction of sp³-hybridized carbons (Fsp3) is 0.714. The van der Waals surface area contributed by atoms with Gasteiger partial charge < -0.3 is 27.2 Å².